The Morgan fingerprint density at radius 2 is 1.79 bits per heavy atom. The van der Waals surface area contributed by atoms with Crippen LogP contribution in [0.15, 0.2) is 54.6 Å². The largest absolute Gasteiger partial charge is 0.493 e. The maximum Gasteiger partial charge on any atom is 0.250 e. The molecular formula is C24H29N3O2. The van der Waals surface area contributed by atoms with Crippen LogP contribution in [0, 0.1) is 0 Å². The van der Waals surface area contributed by atoms with Gasteiger partial charge in [-0.1, -0.05) is 50.2 Å². The van der Waals surface area contributed by atoms with Crippen LogP contribution in [0.5, 0.6) is 5.75 Å². The molecule has 1 aromatic heterocycles. The zero-order chi connectivity index (χ0) is 20.6. The molecule has 2 N–H and O–H groups in total. The molecule has 0 atom stereocenters. The van der Waals surface area contributed by atoms with E-state index in [1.807, 2.05) is 48.5 Å². The van der Waals surface area contributed by atoms with Crippen LogP contribution in [0.3, 0.4) is 0 Å². The maximum atomic E-state index is 11.9. The Labute approximate surface area is 172 Å². The number of unbranched alkanes of at least 4 members (excludes halogenated alkanes) is 1. The van der Waals surface area contributed by atoms with Gasteiger partial charge < -0.3 is 15.4 Å². The van der Waals surface area contributed by atoms with Crippen molar-refractivity contribution in [3.63, 3.8) is 0 Å². The fraction of sp³-hybridized carbons (Fsp3) is 0.333. The predicted octanol–water partition coefficient (Wildman–Crippen LogP) is 4.50. The number of ether oxygens (including phenoxy) is 1. The molecule has 0 bridgehead atoms. The van der Waals surface area contributed by atoms with Crippen molar-refractivity contribution in [3.8, 4) is 17.0 Å². The van der Waals surface area contributed by atoms with E-state index in [4.69, 9.17) is 15.5 Å². The van der Waals surface area contributed by atoms with E-state index in [2.05, 4.69) is 18.7 Å². The van der Waals surface area contributed by atoms with E-state index in [0.717, 1.165) is 54.9 Å². The molecule has 5 heteroatoms. The number of nitrogens with zero attached hydrogens (tertiary/aromatic N) is 2. The second-order valence-corrected chi connectivity index (χ2v) is 7.02. The Hall–Kier alpha value is -2.92. The van der Waals surface area contributed by atoms with Gasteiger partial charge in [-0.25, -0.2) is 4.98 Å². The minimum absolute atomic E-state index is 0.409. The summed E-state index contributed by atoms with van der Waals surface area (Å²) in [6.07, 6.45) is 2.05. The number of hydrogen-bond donors (Lipinski definition) is 1. The average Bonchev–Trinajstić information content (AvgIpc) is 2.76. The first kappa shape index (κ1) is 20.8. The van der Waals surface area contributed by atoms with Gasteiger partial charge in [0.25, 0.3) is 5.91 Å². The maximum absolute atomic E-state index is 11.9. The summed E-state index contributed by atoms with van der Waals surface area (Å²) in [5.74, 6) is 0.248. The van der Waals surface area contributed by atoms with E-state index in [1.165, 1.54) is 0 Å². The van der Waals surface area contributed by atoms with Crippen LogP contribution in [0.2, 0.25) is 0 Å². The fourth-order valence-electron chi connectivity index (χ4n) is 3.45. The summed E-state index contributed by atoms with van der Waals surface area (Å²) >= 11 is 0. The molecule has 3 rings (SSSR count). The highest BCUT2D eigenvalue weighted by molar-refractivity contribution is 6.06. The number of aromatic nitrogens is 1. The number of rotatable bonds is 10. The third kappa shape index (κ3) is 5.12. The number of carbonyl (C=O) groups excluding carboxylic acids is 1. The van der Waals surface area contributed by atoms with Gasteiger partial charge in [0.15, 0.2) is 0 Å². The van der Waals surface area contributed by atoms with Gasteiger partial charge in [-0.05, 0) is 44.6 Å². The van der Waals surface area contributed by atoms with Crippen molar-refractivity contribution in [2.24, 2.45) is 5.73 Å². The quantitative estimate of drug-likeness (QED) is 0.517. The molecule has 0 spiro atoms. The Morgan fingerprint density at radius 3 is 2.48 bits per heavy atom. The fourth-order valence-corrected chi connectivity index (χ4v) is 3.45. The summed E-state index contributed by atoms with van der Waals surface area (Å²) in [5.41, 5.74) is 8.32. The van der Waals surface area contributed by atoms with Crippen molar-refractivity contribution in [1.82, 2.24) is 9.88 Å². The first-order valence-electron chi connectivity index (χ1n) is 10.3. The molecule has 29 heavy (non-hydrogen) atoms. The van der Waals surface area contributed by atoms with Crippen LogP contribution in [-0.2, 0) is 0 Å². The number of primary amides is 1. The van der Waals surface area contributed by atoms with Crippen LogP contribution < -0.4 is 10.5 Å². The minimum Gasteiger partial charge on any atom is -0.493 e. The number of carbonyl (C=O) groups is 1. The summed E-state index contributed by atoms with van der Waals surface area (Å²) in [6.45, 7) is 8.21. The van der Waals surface area contributed by atoms with E-state index < -0.39 is 5.91 Å². The molecule has 3 aromatic rings. The number of nitrogens with two attached hydrogens (primary N) is 1. The van der Waals surface area contributed by atoms with Crippen molar-refractivity contribution in [2.45, 2.75) is 26.7 Å². The van der Waals surface area contributed by atoms with Gasteiger partial charge in [-0.3, -0.25) is 4.79 Å². The number of benzene rings is 2. The summed E-state index contributed by atoms with van der Waals surface area (Å²) in [7, 11) is 0. The van der Waals surface area contributed by atoms with Crippen molar-refractivity contribution in [2.75, 3.05) is 26.2 Å². The first-order chi connectivity index (χ1) is 14.1. The molecule has 0 radical (unpaired) electrons. The molecule has 0 saturated carbocycles. The molecule has 2 aromatic carbocycles. The lowest BCUT2D eigenvalue weighted by Crippen LogP contribution is -2.24. The van der Waals surface area contributed by atoms with Gasteiger partial charge in [0.05, 0.1) is 23.4 Å². The predicted molar refractivity (Wildman–Crippen MR) is 118 cm³/mol. The molecule has 0 aliphatic rings. The Bertz CT molecular complexity index is 953. The molecule has 1 heterocycles. The molecule has 1 amide bonds. The van der Waals surface area contributed by atoms with Gasteiger partial charge in [0.2, 0.25) is 0 Å². The smallest absolute Gasteiger partial charge is 0.250 e. The zero-order valence-electron chi connectivity index (χ0n) is 17.2. The highest BCUT2D eigenvalue weighted by atomic mass is 16.5. The number of fused-ring (bicyclic) bond motifs is 1. The third-order valence-corrected chi connectivity index (χ3v) is 5.16. The molecule has 0 fully saturated rings. The molecule has 0 aliphatic heterocycles. The number of pyridine rings is 1. The molecule has 0 saturated heterocycles. The highest BCUT2D eigenvalue weighted by Crippen LogP contribution is 2.31. The van der Waals surface area contributed by atoms with Crippen molar-refractivity contribution in [1.29, 1.82) is 0 Å². The van der Waals surface area contributed by atoms with E-state index in [1.54, 1.807) is 6.07 Å². The Kier molecular flexibility index (Phi) is 7.19. The van der Waals surface area contributed by atoms with Crippen molar-refractivity contribution < 1.29 is 9.53 Å². The highest BCUT2D eigenvalue weighted by Gasteiger charge is 2.14. The minimum atomic E-state index is -0.488. The lowest BCUT2D eigenvalue weighted by atomic mass is 10.1. The van der Waals surface area contributed by atoms with E-state index in [-0.39, 0.29) is 0 Å². The van der Waals surface area contributed by atoms with Gasteiger partial charge in [0, 0.05) is 17.0 Å². The molecular weight excluding hydrogens is 362 g/mol. The summed E-state index contributed by atoms with van der Waals surface area (Å²) < 4.78 is 6.15. The monoisotopic (exact) mass is 391 g/mol. The SMILES string of the molecule is CCN(CC)CCCCOc1cc(-c2ccccc2)nc2c(C(N)=O)cccc12. The van der Waals surface area contributed by atoms with Gasteiger partial charge >= 0.3 is 0 Å². The van der Waals surface area contributed by atoms with Crippen LogP contribution in [-0.4, -0.2) is 42.0 Å². The normalized spacial score (nSPS) is 11.1. The number of para-hydroxylation sites is 1. The lowest BCUT2D eigenvalue weighted by Gasteiger charge is -2.18. The Balaban J connectivity index is 1.87. The standard InChI is InChI=1S/C24H29N3O2/c1-3-27(4-2)15-8-9-16-29-22-17-21(18-11-6-5-7-12-18)26-23-19(22)13-10-14-20(23)24(25)28/h5-7,10-14,17H,3-4,8-9,15-16H2,1-2H3,(H2,25,28). The van der Waals surface area contributed by atoms with Crippen LogP contribution in [0.25, 0.3) is 22.2 Å². The summed E-state index contributed by atoms with van der Waals surface area (Å²) in [4.78, 5) is 19.1. The molecule has 5 nitrogen and oxygen atoms in total. The van der Waals surface area contributed by atoms with E-state index in [9.17, 15) is 4.79 Å². The van der Waals surface area contributed by atoms with Crippen molar-refractivity contribution in [3.05, 3.63) is 60.2 Å². The number of amides is 1. The van der Waals surface area contributed by atoms with E-state index in [0.29, 0.717) is 17.7 Å². The van der Waals surface area contributed by atoms with E-state index >= 15 is 0 Å². The topological polar surface area (TPSA) is 68.4 Å². The van der Waals surface area contributed by atoms with Gasteiger partial charge in [-0.2, -0.15) is 0 Å². The van der Waals surface area contributed by atoms with Crippen molar-refractivity contribution >= 4 is 16.8 Å². The third-order valence-electron chi connectivity index (χ3n) is 5.16. The number of hydrogen-bond acceptors (Lipinski definition) is 4. The van der Waals surface area contributed by atoms with Crippen LogP contribution in [0.4, 0.5) is 0 Å². The van der Waals surface area contributed by atoms with Crippen LogP contribution in [0.1, 0.15) is 37.0 Å². The van der Waals surface area contributed by atoms with Gasteiger partial charge in [0.1, 0.15) is 5.75 Å². The molecule has 0 aliphatic carbocycles. The lowest BCUT2D eigenvalue weighted by molar-refractivity contribution is 0.100. The van der Waals surface area contributed by atoms with Crippen LogP contribution >= 0.6 is 0 Å². The summed E-state index contributed by atoms with van der Waals surface area (Å²) in [6, 6.07) is 17.3. The zero-order valence-corrected chi connectivity index (χ0v) is 17.2. The molecule has 0 unspecified atom stereocenters. The average molecular weight is 392 g/mol. The second-order valence-electron chi connectivity index (χ2n) is 7.02. The second kappa shape index (κ2) is 10.0. The first-order valence-corrected chi connectivity index (χ1v) is 10.3. The summed E-state index contributed by atoms with van der Waals surface area (Å²) in [5, 5.41) is 0.810. The Morgan fingerprint density at radius 1 is 1.03 bits per heavy atom. The molecule has 152 valence electrons. The van der Waals surface area contributed by atoms with Gasteiger partial charge in [-0.15, -0.1) is 0 Å².